The predicted molar refractivity (Wildman–Crippen MR) is 90.1 cm³/mol. The van der Waals surface area contributed by atoms with Gasteiger partial charge in [-0.1, -0.05) is 6.07 Å². The van der Waals surface area contributed by atoms with Crippen LogP contribution in [-0.4, -0.2) is 22.2 Å². The van der Waals surface area contributed by atoms with Crippen LogP contribution in [0.4, 0.5) is 8.78 Å². The van der Waals surface area contributed by atoms with Gasteiger partial charge in [-0.2, -0.15) is 5.10 Å². The van der Waals surface area contributed by atoms with Crippen molar-refractivity contribution in [2.45, 2.75) is 12.7 Å². The largest absolute Gasteiger partial charge is 0.347 e. The molecule has 0 saturated heterocycles. The number of carbonyl (C=O) groups is 1. The molecule has 0 unspecified atom stereocenters. The maximum Gasteiger partial charge on any atom is 0.269 e. The second-order valence-corrected chi connectivity index (χ2v) is 6.67. The van der Waals surface area contributed by atoms with E-state index in [-0.39, 0.29) is 18.6 Å². The number of halogens is 2. The molecule has 1 atom stereocenters. The Morgan fingerprint density at radius 2 is 2.08 bits per heavy atom. The van der Waals surface area contributed by atoms with Crippen molar-refractivity contribution in [3.63, 3.8) is 0 Å². The fourth-order valence-electron chi connectivity index (χ4n) is 2.82. The van der Waals surface area contributed by atoms with Crippen molar-refractivity contribution in [1.82, 2.24) is 20.4 Å². The second-order valence-electron chi connectivity index (χ2n) is 5.72. The Bertz CT molecular complexity index is 903. The fourth-order valence-corrected chi connectivity index (χ4v) is 3.50. The van der Waals surface area contributed by atoms with Crippen LogP contribution in [0.3, 0.4) is 0 Å². The van der Waals surface area contributed by atoms with Gasteiger partial charge in [-0.15, -0.1) is 11.3 Å². The molecule has 25 heavy (non-hydrogen) atoms. The summed E-state index contributed by atoms with van der Waals surface area (Å²) in [5, 5.41) is 12.5. The van der Waals surface area contributed by atoms with E-state index in [9.17, 15) is 13.6 Å². The number of nitrogens with zero attached hydrogens (tertiary/aromatic N) is 2. The van der Waals surface area contributed by atoms with E-state index >= 15 is 0 Å². The molecule has 1 aromatic carbocycles. The predicted octanol–water partition coefficient (Wildman–Crippen LogP) is 2.92. The second kappa shape index (κ2) is 6.38. The molecule has 3 aromatic rings. The van der Waals surface area contributed by atoms with Gasteiger partial charge in [0.2, 0.25) is 0 Å². The molecule has 0 saturated carbocycles. The average molecular weight is 360 g/mol. The number of carbonyl (C=O) groups excluding carboxylic acids is 1. The Morgan fingerprint density at radius 1 is 1.28 bits per heavy atom. The maximum atomic E-state index is 13.3. The van der Waals surface area contributed by atoms with Crippen molar-refractivity contribution in [1.29, 1.82) is 0 Å². The Balaban J connectivity index is 1.58. The van der Waals surface area contributed by atoms with Gasteiger partial charge in [0, 0.05) is 12.6 Å². The Hall–Kier alpha value is -2.58. The fraction of sp³-hybridized carbons (Fsp3) is 0.176. The first-order valence-electron chi connectivity index (χ1n) is 7.70. The summed E-state index contributed by atoms with van der Waals surface area (Å²) >= 11 is 1.54. The van der Waals surface area contributed by atoms with Gasteiger partial charge in [0.15, 0.2) is 0 Å². The van der Waals surface area contributed by atoms with E-state index in [1.807, 2.05) is 17.5 Å². The lowest BCUT2D eigenvalue weighted by atomic mass is 10.2. The molecule has 0 radical (unpaired) electrons. The molecular weight excluding hydrogens is 346 g/mol. The smallest absolute Gasteiger partial charge is 0.269 e. The molecule has 2 N–H and O–H groups in total. The monoisotopic (exact) mass is 360 g/mol. The topological polar surface area (TPSA) is 59.0 Å². The molecule has 0 aliphatic carbocycles. The Labute approximate surface area is 146 Å². The van der Waals surface area contributed by atoms with E-state index in [2.05, 4.69) is 15.7 Å². The van der Waals surface area contributed by atoms with Crippen molar-refractivity contribution >= 4 is 17.2 Å². The van der Waals surface area contributed by atoms with E-state index in [0.29, 0.717) is 17.8 Å². The standard InChI is InChI=1S/C17H14F2N4OS/c18-11-4-10(5-12(19)6-11)8-20-16-9-21-17(24)14-7-13(22-23(14)16)15-2-1-3-25-15/h1-7,16,20H,8-9H2,(H,21,24)/t16-/m1/s1. The summed E-state index contributed by atoms with van der Waals surface area (Å²) in [6.07, 6.45) is -0.298. The van der Waals surface area contributed by atoms with Crippen LogP contribution in [0.2, 0.25) is 0 Å². The highest BCUT2D eigenvalue weighted by Gasteiger charge is 2.27. The van der Waals surface area contributed by atoms with E-state index in [1.54, 1.807) is 22.1 Å². The Kier molecular flexibility index (Phi) is 4.06. The van der Waals surface area contributed by atoms with Crippen LogP contribution < -0.4 is 10.6 Å². The minimum Gasteiger partial charge on any atom is -0.347 e. The lowest BCUT2D eigenvalue weighted by Crippen LogP contribution is -2.45. The molecule has 2 aromatic heterocycles. The zero-order valence-corrected chi connectivity index (χ0v) is 13.8. The summed E-state index contributed by atoms with van der Waals surface area (Å²) < 4.78 is 28.2. The minimum atomic E-state index is -0.617. The van der Waals surface area contributed by atoms with E-state index < -0.39 is 11.6 Å². The number of rotatable bonds is 4. The first-order valence-corrected chi connectivity index (χ1v) is 8.58. The zero-order chi connectivity index (χ0) is 17.4. The first-order chi connectivity index (χ1) is 12.1. The third-order valence-electron chi connectivity index (χ3n) is 3.96. The number of hydrogen-bond acceptors (Lipinski definition) is 4. The minimum absolute atomic E-state index is 0.190. The van der Waals surface area contributed by atoms with Crippen molar-refractivity contribution < 1.29 is 13.6 Å². The lowest BCUT2D eigenvalue weighted by molar-refractivity contribution is 0.0900. The number of aromatic nitrogens is 2. The SMILES string of the molecule is O=C1NC[C@H](NCc2cc(F)cc(F)c2)n2nc(-c3cccs3)cc21. The van der Waals surface area contributed by atoms with Crippen LogP contribution >= 0.6 is 11.3 Å². The highest BCUT2D eigenvalue weighted by molar-refractivity contribution is 7.13. The Morgan fingerprint density at radius 3 is 2.80 bits per heavy atom. The van der Waals surface area contributed by atoms with Gasteiger partial charge in [0.1, 0.15) is 29.2 Å². The molecule has 0 bridgehead atoms. The molecule has 1 aliphatic rings. The highest BCUT2D eigenvalue weighted by Crippen LogP contribution is 2.26. The molecule has 3 heterocycles. The zero-order valence-electron chi connectivity index (χ0n) is 13.0. The van der Waals surface area contributed by atoms with Crippen LogP contribution in [0.15, 0.2) is 41.8 Å². The van der Waals surface area contributed by atoms with Crippen LogP contribution in [-0.2, 0) is 6.54 Å². The highest BCUT2D eigenvalue weighted by atomic mass is 32.1. The van der Waals surface area contributed by atoms with Gasteiger partial charge in [-0.25, -0.2) is 13.5 Å². The normalized spacial score (nSPS) is 16.6. The van der Waals surface area contributed by atoms with Gasteiger partial charge >= 0.3 is 0 Å². The van der Waals surface area contributed by atoms with E-state index in [0.717, 1.165) is 16.6 Å². The molecule has 4 rings (SSSR count). The third kappa shape index (κ3) is 3.18. The van der Waals surface area contributed by atoms with Crippen LogP contribution in [0.1, 0.15) is 22.2 Å². The van der Waals surface area contributed by atoms with Crippen molar-refractivity contribution in [2.75, 3.05) is 6.54 Å². The molecule has 8 heteroatoms. The molecule has 128 valence electrons. The molecule has 0 spiro atoms. The van der Waals surface area contributed by atoms with Gasteiger partial charge in [0.05, 0.1) is 11.4 Å². The summed E-state index contributed by atoms with van der Waals surface area (Å²) in [5.74, 6) is -1.42. The maximum absolute atomic E-state index is 13.3. The van der Waals surface area contributed by atoms with Crippen molar-refractivity contribution in [3.05, 3.63) is 64.7 Å². The van der Waals surface area contributed by atoms with E-state index in [4.69, 9.17) is 0 Å². The van der Waals surface area contributed by atoms with Crippen molar-refractivity contribution in [2.24, 2.45) is 0 Å². The molecule has 5 nitrogen and oxygen atoms in total. The number of amides is 1. The third-order valence-corrected chi connectivity index (χ3v) is 4.85. The first kappa shape index (κ1) is 15.9. The summed E-state index contributed by atoms with van der Waals surface area (Å²) in [4.78, 5) is 13.1. The van der Waals surface area contributed by atoms with Gasteiger partial charge < -0.3 is 5.32 Å². The quantitative estimate of drug-likeness (QED) is 0.752. The number of fused-ring (bicyclic) bond motifs is 1. The average Bonchev–Trinajstić information content (AvgIpc) is 3.23. The summed E-state index contributed by atoms with van der Waals surface area (Å²) in [6.45, 7) is 0.595. The molecular formula is C17H14F2N4OS. The van der Waals surface area contributed by atoms with Crippen LogP contribution in [0, 0.1) is 11.6 Å². The summed E-state index contributed by atoms with van der Waals surface area (Å²) in [7, 11) is 0. The van der Waals surface area contributed by atoms with Crippen molar-refractivity contribution in [3.8, 4) is 10.6 Å². The molecule has 0 fully saturated rings. The number of thiophene rings is 1. The molecule has 1 aliphatic heterocycles. The van der Waals surface area contributed by atoms with Crippen LogP contribution in [0.5, 0.6) is 0 Å². The van der Waals surface area contributed by atoms with E-state index in [1.165, 1.54) is 12.1 Å². The summed E-state index contributed by atoms with van der Waals surface area (Å²) in [6, 6.07) is 9.00. The number of nitrogens with one attached hydrogen (secondary N) is 2. The van der Waals surface area contributed by atoms with Gasteiger partial charge in [-0.3, -0.25) is 10.1 Å². The lowest BCUT2D eigenvalue weighted by Gasteiger charge is -2.25. The van der Waals surface area contributed by atoms with Gasteiger partial charge in [-0.05, 0) is 35.2 Å². The summed E-state index contributed by atoms with van der Waals surface area (Å²) in [5.41, 5.74) is 1.67. The molecule has 1 amide bonds. The number of benzene rings is 1. The van der Waals surface area contributed by atoms with Gasteiger partial charge in [0.25, 0.3) is 5.91 Å². The van der Waals surface area contributed by atoms with Crippen LogP contribution in [0.25, 0.3) is 10.6 Å². The number of hydrogen-bond donors (Lipinski definition) is 2.